The van der Waals surface area contributed by atoms with E-state index in [2.05, 4.69) is 4.57 Å². The molecule has 0 aliphatic carbocycles. The fourth-order valence-electron chi connectivity index (χ4n) is 2.19. The summed E-state index contributed by atoms with van der Waals surface area (Å²) < 4.78 is 2.16. The lowest BCUT2D eigenvalue weighted by Gasteiger charge is -2.10. The molecule has 0 fully saturated rings. The van der Waals surface area contributed by atoms with Crippen LogP contribution < -0.4 is 5.43 Å². The van der Waals surface area contributed by atoms with Gasteiger partial charge >= 0.3 is 0 Å². The zero-order chi connectivity index (χ0) is 10.4. The number of hydrogen-bond donors (Lipinski definition) is 0. The molecule has 0 saturated heterocycles. The van der Waals surface area contributed by atoms with Crippen LogP contribution >= 0.6 is 11.8 Å². The molecular weight excluding hydrogens is 206 g/mol. The van der Waals surface area contributed by atoms with Crippen LogP contribution in [0, 0.1) is 0 Å². The molecule has 3 rings (SSSR count). The summed E-state index contributed by atoms with van der Waals surface area (Å²) in [7, 11) is 2.05. The average Bonchev–Trinajstić information content (AvgIpc) is 2.75. The predicted molar refractivity (Wildman–Crippen MR) is 63.6 cm³/mol. The first kappa shape index (κ1) is 9.04. The van der Waals surface area contributed by atoms with Crippen molar-refractivity contribution in [1.29, 1.82) is 0 Å². The molecule has 2 nitrogen and oxygen atoms in total. The molecule has 0 N–H and O–H groups in total. The maximum atomic E-state index is 12.1. The fourth-order valence-corrected chi connectivity index (χ4v) is 3.34. The second-order valence-electron chi connectivity index (χ2n) is 3.78. The summed E-state index contributed by atoms with van der Waals surface area (Å²) in [4.78, 5) is 13.1. The van der Waals surface area contributed by atoms with Crippen molar-refractivity contribution in [1.82, 2.24) is 4.57 Å². The predicted octanol–water partition coefficient (Wildman–Crippen LogP) is 2.19. The van der Waals surface area contributed by atoms with Crippen LogP contribution in [0.5, 0.6) is 0 Å². The van der Waals surface area contributed by atoms with Crippen molar-refractivity contribution in [2.75, 3.05) is 5.75 Å². The molecule has 0 bridgehead atoms. The number of aryl methyl sites for hydroxylation is 1. The van der Waals surface area contributed by atoms with Crippen LogP contribution in [0.25, 0.3) is 10.9 Å². The van der Waals surface area contributed by atoms with Crippen molar-refractivity contribution in [2.24, 2.45) is 7.05 Å². The molecule has 15 heavy (non-hydrogen) atoms. The van der Waals surface area contributed by atoms with Crippen LogP contribution in [0.4, 0.5) is 0 Å². The number of aromatic nitrogens is 1. The minimum absolute atomic E-state index is 0.209. The Bertz CT molecular complexity index is 600. The molecule has 2 aromatic rings. The van der Waals surface area contributed by atoms with Crippen LogP contribution in [0.3, 0.4) is 0 Å². The molecule has 0 atom stereocenters. The minimum Gasteiger partial charge on any atom is -0.346 e. The number of rotatable bonds is 0. The van der Waals surface area contributed by atoms with Crippen LogP contribution in [-0.4, -0.2) is 10.3 Å². The number of nitrogens with zero attached hydrogens (tertiary/aromatic N) is 1. The van der Waals surface area contributed by atoms with Gasteiger partial charge in [0.2, 0.25) is 5.43 Å². The summed E-state index contributed by atoms with van der Waals surface area (Å²) in [6, 6.07) is 7.84. The van der Waals surface area contributed by atoms with Gasteiger partial charge in [-0.1, -0.05) is 12.1 Å². The summed E-state index contributed by atoms with van der Waals surface area (Å²) in [6.07, 6.45) is 1.01. The zero-order valence-corrected chi connectivity index (χ0v) is 9.30. The van der Waals surface area contributed by atoms with E-state index in [1.54, 1.807) is 11.8 Å². The Morgan fingerprint density at radius 1 is 1.33 bits per heavy atom. The molecule has 3 heteroatoms. The van der Waals surface area contributed by atoms with Gasteiger partial charge in [0.15, 0.2) is 0 Å². The summed E-state index contributed by atoms with van der Waals surface area (Å²) in [5.41, 5.74) is 2.45. The first-order valence-corrected chi connectivity index (χ1v) is 6.01. The lowest BCUT2D eigenvalue weighted by Crippen LogP contribution is -2.12. The number of fused-ring (bicyclic) bond motifs is 2. The van der Waals surface area contributed by atoms with E-state index in [0.717, 1.165) is 28.0 Å². The fraction of sp³-hybridized carbons (Fsp3) is 0.250. The molecule has 0 spiro atoms. The van der Waals surface area contributed by atoms with Gasteiger partial charge in [0, 0.05) is 23.9 Å². The first-order chi connectivity index (χ1) is 7.29. The van der Waals surface area contributed by atoms with E-state index in [4.69, 9.17) is 0 Å². The van der Waals surface area contributed by atoms with E-state index in [1.165, 1.54) is 5.69 Å². The number of pyridine rings is 1. The van der Waals surface area contributed by atoms with Gasteiger partial charge < -0.3 is 4.57 Å². The number of thioether (sulfide) groups is 1. The Morgan fingerprint density at radius 2 is 2.13 bits per heavy atom. The molecule has 1 aliphatic rings. The Hall–Kier alpha value is -1.22. The maximum absolute atomic E-state index is 12.1. The lowest BCUT2D eigenvalue weighted by molar-refractivity contribution is 0.833. The number of hydrogen-bond acceptors (Lipinski definition) is 2. The van der Waals surface area contributed by atoms with E-state index in [1.807, 2.05) is 31.3 Å². The van der Waals surface area contributed by atoms with Gasteiger partial charge in [-0.05, 0) is 18.6 Å². The maximum Gasteiger partial charge on any atom is 0.203 e. The van der Waals surface area contributed by atoms with E-state index in [0.29, 0.717) is 0 Å². The highest BCUT2D eigenvalue weighted by Gasteiger charge is 2.19. The largest absolute Gasteiger partial charge is 0.346 e. The molecule has 1 aromatic carbocycles. The molecule has 76 valence electrons. The quantitative estimate of drug-likeness (QED) is 0.674. The minimum atomic E-state index is 0.209. The van der Waals surface area contributed by atoms with Crippen LogP contribution in [0.15, 0.2) is 34.0 Å². The average molecular weight is 217 g/mol. The number of para-hydroxylation sites is 1. The monoisotopic (exact) mass is 217 g/mol. The molecule has 0 unspecified atom stereocenters. The third-order valence-electron chi connectivity index (χ3n) is 2.97. The Morgan fingerprint density at radius 3 is 3.00 bits per heavy atom. The molecule has 2 heterocycles. The van der Waals surface area contributed by atoms with Crippen molar-refractivity contribution in [2.45, 2.75) is 11.3 Å². The smallest absolute Gasteiger partial charge is 0.203 e. The van der Waals surface area contributed by atoms with Crippen molar-refractivity contribution < 1.29 is 0 Å². The third-order valence-corrected chi connectivity index (χ3v) is 4.09. The normalized spacial score (nSPS) is 14.5. The third kappa shape index (κ3) is 1.16. The zero-order valence-electron chi connectivity index (χ0n) is 8.49. The molecule has 1 aromatic heterocycles. The molecule has 0 amide bonds. The second-order valence-corrected chi connectivity index (χ2v) is 4.88. The highest BCUT2D eigenvalue weighted by molar-refractivity contribution is 7.99. The summed E-state index contributed by atoms with van der Waals surface area (Å²) in [6.45, 7) is 0. The second kappa shape index (κ2) is 3.14. The van der Waals surface area contributed by atoms with E-state index in [9.17, 15) is 4.79 Å². The molecule has 0 saturated carbocycles. The molecule has 1 aliphatic heterocycles. The standard InChI is InChI=1S/C12H11NOS/c1-13-9-5-3-2-4-8(9)11(14)12-10(13)6-7-15-12/h2-5H,6-7H2,1H3. The molecule has 0 radical (unpaired) electrons. The van der Waals surface area contributed by atoms with E-state index < -0.39 is 0 Å². The summed E-state index contributed by atoms with van der Waals surface area (Å²) in [5.74, 6) is 1.04. The highest BCUT2D eigenvalue weighted by atomic mass is 32.2. The van der Waals surface area contributed by atoms with Crippen LogP contribution in [0.2, 0.25) is 0 Å². The van der Waals surface area contributed by atoms with Crippen molar-refractivity contribution in [3.63, 3.8) is 0 Å². The Balaban J connectivity index is 2.57. The molecular formula is C12H11NOS. The van der Waals surface area contributed by atoms with Crippen molar-refractivity contribution in [3.05, 3.63) is 40.2 Å². The number of benzene rings is 1. The highest BCUT2D eigenvalue weighted by Crippen LogP contribution is 2.30. The van der Waals surface area contributed by atoms with Gasteiger partial charge in [-0.15, -0.1) is 11.8 Å². The first-order valence-electron chi connectivity index (χ1n) is 5.02. The summed E-state index contributed by atoms with van der Waals surface area (Å²) >= 11 is 1.69. The van der Waals surface area contributed by atoms with Gasteiger partial charge in [0.25, 0.3) is 0 Å². The van der Waals surface area contributed by atoms with Gasteiger partial charge in [0.05, 0.1) is 10.4 Å². The van der Waals surface area contributed by atoms with Gasteiger partial charge in [-0.3, -0.25) is 4.79 Å². The van der Waals surface area contributed by atoms with Gasteiger partial charge in [0.1, 0.15) is 0 Å². The Labute approximate surface area is 91.9 Å². The summed E-state index contributed by atoms with van der Waals surface area (Å²) in [5, 5.41) is 0.841. The van der Waals surface area contributed by atoms with Crippen molar-refractivity contribution >= 4 is 22.7 Å². The Kier molecular flexibility index (Phi) is 1.89. The van der Waals surface area contributed by atoms with E-state index in [-0.39, 0.29) is 5.43 Å². The van der Waals surface area contributed by atoms with Gasteiger partial charge in [-0.25, -0.2) is 0 Å². The van der Waals surface area contributed by atoms with E-state index >= 15 is 0 Å². The SMILES string of the molecule is Cn1c2c(c(=O)c3ccccc31)SCC2. The van der Waals surface area contributed by atoms with Gasteiger partial charge in [-0.2, -0.15) is 0 Å². The topological polar surface area (TPSA) is 22.0 Å². The van der Waals surface area contributed by atoms with Crippen LogP contribution in [-0.2, 0) is 13.5 Å². The van der Waals surface area contributed by atoms with Crippen molar-refractivity contribution in [3.8, 4) is 0 Å². The van der Waals surface area contributed by atoms with Crippen LogP contribution in [0.1, 0.15) is 5.69 Å². The lowest BCUT2D eigenvalue weighted by atomic mass is 10.1.